The molecular weight excluding hydrogens is 232 g/mol. The van der Waals surface area contributed by atoms with Gasteiger partial charge in [0.05, 0.1) is 0 Å². The molecule has 0 spiro atoms. The Hall–Kier alpha value is -0.870. The molecule has 2 heterocycles. The molecule has 94 valence electrons. The Morgan fingerprint density at radius 1 is 1.53 bits per heavy atom. The molecule has 4 heteroatoms. The molecule has 1 aliphatic heterocycles. The maximum Gasteiger partial charge on any atom is 0.222 e. The number of nitrogens with zero attached hydrogens (tertiary/aromatic N) is 1. The van der Waals surface area contributed by atoms with Crippen molar-refractivity contribution in [2.24, 2.45) is 0 Å². The summed E-state index contributed by atoms with van der Waals surface area (Å²) in [5.41, 5.74) is 0. The van der Waals surface area contributed by atoms with Crippen molar-refractivity contribution in [2.75, 3.05) is 26.2 Å². The topological polar surface area (TPSA) is 32.3 Å². The molecule has 17 heavy (non-hydrogen) atoms. The minimum absolute atomic E-state index is 0.315. The molecule has 1 unspecified atom stereocenters. The summed E-state index contributed by atoms with van der Waals surface area (Å²) in [5, 5.41) is 5.37. The SMILES string of the molecule is CC(CCC(=O)N1CCNCC1)c1cccs1. The lowest BCUT2D eigenvalue weighted by molar-refractivity contribution is -0.131. The van der Waals surface area contributed by atoms with Crippen LogP contribution in [-0.4, -0.2) is 37.0 Å². The van der Waals surface area contributed by atoms with Crippen LogP contribution in [0.3, 0.4) is 0 Å². The van der Waals surface area contributed by atoms with Crippen molar-refractivity contribution >= 4 is 17.2 Å². The fourth-order valence-corrected chi connectivity index (χ4v) is 2.95. The minimum Gasteiger partial charge on any atom is -0.340 e. The average molecular weight is 252 g/mol. The Kier molecular flexibility index (Phi) is 4.57. The van der Waals surface area contributed by atoms with Crippen molar-refractivity contribution in [3.8, 4) is 0 Å². The third-order valence-corrected chi connectivity index (χ3v) is 4.39. The Morgan fingerprint density at radius 2 is 2.29 bits per heavy atom. The summed E-state index contributed by atoms with van der Waals surface area (Å²) in [6.45, 7) is 5.81. The Balaban J connectivity index is 1.75. The monoisotopic (exact) mass is 252 g/mol. The zero-order valence-electron chi connectivity index (χ0n) is 10.3. The van der Waals surface area contributed by atoms with E-state index in [0.29, 0.717) is 18.2 Å². The lowest BCUT2D eigenvalue weighted by atomic mass is 10.0. The van der Waals surface area contributed by atoms with Gasteiger partial charge in [0.2, 0.25) is 5.91 Å². The second kappa shape index (κ2) is 6.17. The van der Waals surface area contributed by atoms with Crippen molar-refractivity contribution in [1.29, 1.82) is 0 Å². The molecule has 1 aromatic heterocycles. The summed E-state index contributed by atoms with van der Waals surface area (Å²) in [5.74, 6) is 0.816. The fraction of sp³-hybridized carbons (Fsp3) is 0.615. The quantitative estimate of drug-likeness (QED) is 0.889. The maximum atomic E-state index is 12.0. The predicted octanol–water partition coefficient (Wildman–Crippen LogP) is 2.06. The van der Waals surface area contributed by atoms with Crippen molar-refractivity contribution in [3.63, 3.8) is 0 Å². The normalized spacial score (nSPS) is 18.1. The van der Waals surface area contributed by atoms with Crippen LogP contribution in [-0.2, 0) is 4.79 Å². The van der Waals surface area contributed by atoms with Gasteiger partial charge in [0, 0.05) is 37.5 Å². The Morgan fingerprint density at radius 3 is 2.94 bits per heavy atom. The molecule has 1 atom stereocenters. The van der Waals surface area contributed by atoms with E-state index in [1.165, 1.54) is 4.88 Å². The van der Waals surface area contributed by atoms with Crippen LogP contribution in [0, 0.1) is 0 Å². The third-order valence-electron chi connectivity index (χ3n) is 3.29. The smallest absolute Gasteiger partial charge is 0.222 e. The highest BCUT2D eigenvalue weighted by molar-refractivity contribution is 7.10. The summed E-state index contributed by atoms with van der Waals surface area (Å²) < 4.78 is 0. The van der Waals surface area contributed by atoms with Gasteiger partial charge in [0.15, 0.2) is 0 Å². The van der Waals surface area contributed by atoms with Gasteiger partial charge in [0.1, 0.15) is 0 Å². The fourth-order valence-electron chi connectivity index (χ4n) is 2.13. The van der Waals surface area contributed by atoms with E-state index in [1.54, 1.807) is 11.3 Å². The van der Waals surface area contributed by atoms with E-state index in [2.05, 4.69) is 29.8 Å². The van der Waals surface area contributed by atoms with Gasteiger partial charge in [-0.15, -0.1) is 11.3 Å². The van der Waals surface area contributed by atoms with Crippen LogP contribution in [0.5, 0.6) is 0 Å². The highest BCUT2D eigenvalue weighted by atomic mass is 32.1. The number of carbonyl (C=O) groups is 1. The van der Waals surface area contributed by atoms with Crippen molar-refractivity contribution < 1.29 is 4.79 Å². The van der Waals surface area contributed by atoms with Gasteiger partial charge in [0.25, 0.3) is 0 Å². The summed E-state index contributed by atoms with van der Waals surface area (Å²) >= 11 is 1.78. The van der Waals surface area contributed by atoms with E-state index in [9.17, 15) is 4.79 Å². The zero-order chi connectivity index (χ0) is 12.1. The number of piperazine rings is 1. The van der Waals surface area contributed by atoms with Gasteiger partial charge in [-0.25, -0.2) is 0 Å². The first kappa shape index (κ1) is 12.6. The molecule has 1 amide bonds. The van der Waals surface area contributed by atoms with E-state index >= 15 is 0 Å². The number of amides is 1. The van der Waals surface area contributed by atoms with Crippen molar-refractivity contribution in [2.45, 2.75) is 25.7 Å². The second-order valence-corrected chi connectivity index (χ2v) is 5.57. The molecule has 1 aliphatic rings. The molecular formula is C13H20N2OS. The molecule has 1 aromatic rings. The highest BCUT2D eigenvalue weighted by Gasteiger charge is 2.17. The standard InChI is InChI=1S/C13H20N2OS/c1-11(12-3-2-10-17-12)4-5-13(16)15-8-6-14-7-9-15/h2-3,10-11,14H,4-9H2,1H3. The predicted molar refractivity (Wildman–Crippen MR) is 71.4 cm³/mol. The second-order valence-electron chi connectivity index (χ2n) is 4.59. The molecule has 2 rings (SSSR count). The van der Waals surface area contributed by atoms with Crippen molar-refractivity contribution in [1.82, 2.24) is 10.2 Å². The maximum absolute atomic E-state index is 12.0. The first-order valence-electron chi connectivity index (χ1n) is 6.29. The first-order valence-corrected chi connectivity index (χ1v) is 7.17. The zero-order valence-corrected chi connectivity index (χ0v) is 11.1. The summed E-state index contributed by atoms with van der Waals surface area (Å²) in [7, 11) is 0. The molecule has 1 fully saturated rings. The van der Waals surface area contributed by atoms with Gasteiger partial charge >= 0.3 is 0 Å². The molecule has 0 aliphatic carbocycles. The van der Waals surface area contributed by atoms with E-state index in [0.717, 1.165) is 32.6 Å². The number of nitrogens with one attached hydrogen (secondary N) is 1. The van der Waals surface area contributed by atoms with Gasteiger partial charge in [-0.3, -0.25) is 4.79 Å². The Bertz CT molecular complexity index is 344. The molecule has 0 saturated carbocycles. The first-order chi connectivity index (χ1) is 8.27. The van der Waals surface area contributed by atoms with Crippen LogP contribution in [0.4, 0.5) is 0 Å². The van der Waals surface area contributed by atoms with Gasteiger partial charge in [-0.1, -0.05) is 13.0 Å². The highest BCUT2D eigenvalue weighted by Crippen LogP contribution is 2.25. The summed E-state index contributed by atoms with van der Waals surface area (Å²) in [4.78, 5) is 15.3. The molecule has 0 aromatic carbocycles. The molecule has 1 N–H and O–H groups in total. The van der Waals surface area contributed by atoms with E-state index in [1.807, 2.05) is 4.90 Å². The summed E-state index contributed by atoms with van der Waals surface area (Å²) in [6, 6.07) is 4.24. The lowest BCUT2D eigenvalue weighted by Gasteiger charge is -2.27. The number of rotatable bonds is 4. The number of thiophene rings is 1. The largest absolute Gasteiger partial charge is 0.340 e. The van der Waals surface area contributed by atoms with Crippen LogP contribution in [0.1, 0.15) is 30.6 Å². The molecule has 3 nitrogen and oxygen atoms in total. The van der Waals surface area contributed by atoms with Gasteiger partial charge in [-0.2, -0.15) is 0 Å². The minimum atomic E-state index is 0.315. The number of carbonyl (C=O) groups excluding carboxylic acids is 1. The third kappa shape index (κ3) is 3.54. The van der Waals surface area contributed by atoms with Crippen LogP contribution in [0.25, 0.3) is 0 Å². The van der Waals surface area contributed by atoms with E-state index in [-0.39, 0.29) is 0 Å². The van der Waals surface area contributed by atoms with E-state index < -0.39 is 0 Å². The van der Waals surface area contributed by atoms with Gasteiger partial charge < -0.3 is 10.2 Å². The average Bonchev–Trinajstić information content (AvgIpc) is 2.90. The van der Waals surface area contributed by atoms with Crippen LogP contribution < -0.4 is 5.32 Å². The van der Waals surface area contributed by atoms with Crippen LogP contribution >= 0.6 is 11.3 Å². The van der Waals surface area contributed by atoms with Crippen LogP contribution in [0.15, 0.2) is 17.5 Å². The molecule has 0 radical (unpaired) electrons. The number of hydrogen-bond donors (Lipinski definition) is 1. The molecule has 0 bridgehead atoms. The van der Waals surface area contributed by atoms with E-state index in [4.69, 9.17) is 0 Å². The van der Waals surface area contributed by atoms with Crippen LogP contribution in [0.2, 0.25) is 0 Å². The summed E-state index contributed by atoms with van der Waals surface area (Å²) in [6.07, 6.45) is 1.64. The molecule has 1 saturated heterocycles. The Labute approximate surface area is 107 Å². The van der Waals surface area contributed by atoms with Crippen molar-refractivity contribution in [3.05, 3.63) is 22.4 Å². The van der Waals surface area contributed by atoms with Gasteiger partial charge in [-0.05, 0) is 23.8 Å². The lowest BCUT2D eigenvalue weighted by Crippen LogP contribution is -2.46. The number of hydrogen-bond acceptors (Lipinski definition) is 3.